The third kappa shape index (κ3) is 5.17. The van der Waals surface area contributed by atoms with Crippen molar-refractivity contribution in [1.29, 1.82) is 0 Å². The molecule has 1 amide bonds. The van der Waals surface area contributed by atoms with Gasteiger partial charge in [-0.2, -0.15) is 0 Å². The van der Waals surface area contributed by atoms with Crippen molar-refractivity contribution in [3.05, 3.63) is 83.9 Å². The first-order valence-corrected chi connectivity index (χ1v) is 10.2. The van der Waals surface area contributed by atoms with E-state index in [0.717, 1.165) is 26.8 Å². The molecule has 28 heavy (non-hydrogen) atoms. The van der Waals surface area contributed by atoms with Gasteiger partial charge < -0.3 is 10.1 Å². The third-order valence-electron chi connectivity index (χ3n) is 4.54. The summed E-state index contributed by atoms with van der Waals surface area (Å²) in [4.78, 5) is 15.0. The standard InChI is InChI=1S/C24H25NO2S/c1-4-22(27-19-15-14-17(2)18(3)16-19)24(26)25-21-12-8-9-13-23(21)28-20-10-6-5-7-11-20/h5-16,22H,4H2,1-3H3,(H,25,26)/t22-/m1/s1. The molecule has 0 spiro atoms. The second-order valence-electron chi connectivity index (χ2n) is 6.66. The highest BCUT2D eigenvalue weighted by atomic mass is 32.2. The molecule has 0 aliphatic carbocycles. The number of aryl methyl sites for hydroxylation is 2. The molecule has 3 rings (SSSR count). The molecule has 0 aromatic heterocycles. The van der Waals surface area contributed by atoms with E-state index in [-0.39, 0.29) is 5.91 Å². The molecule has 3 nitrogen and oxygen atoms in total. The van der Waals surface area contributed by atoms with Crippen LogP contribution in [0, 0.1) is 13.8 Å². The number of anilines is 1. The Hall–Kier alpha value is -2.72. The first-order chi connectivity index (χ1) is 13.6. The summed E-state index contributed by atoms with van der Waals surface area (Å²) in [6.45, 7) is 6.06. The van der Waals surface area contributed by atoms with Crippen LogP contribution in [0.5, 0.6) is 5.75 Å². The van der Waals surface area contributed by atoms with Gasteiger partial charge in [0.05, 0.1) is 5.69 Å². The topological polar surface area (TPSA) is 38.3 Å². The summed E-state index contributed by atoms with van der Waals surface area (Å²) in [5.74, 6) is 0.582. The number of benzene rings is 3. The predicted molar refractivity (Wildman–Crippen MR) is 116 cm³/mol. The fourth-order valence-electron chi connectivity index (χ4n) is 2.76. The molecule has 0 radical (unpaired) electrons. The van der Waals surface area contributed by atoms with Crippen LogP contribution < -0.4 is 10.1 Å². The van der Waals surface area contributed by atoms with Gasteiger partial charge in [0.2, 0.25) is 0 Å². The number of ether oxygens (including phenoxy) is 1. The largest absolute Gasteiger partial charge is 0.481 e. The highest BCUT2D eigenvalue weighted by Crippen LogP contribution is 2.33. The molecule has 0 saturated carbocycles. The first kappa shape index (κ1) is 20.0. The number of nitrogens with one attached hydrogen (secondary N) is 1. The molecular weight excluding hydrogens is 366 g/mol. The number of para-hydroxylation sites is 1. The number of hydrogen-bond donors (Lipinski definition) is 1. The van der Waals surface area contributed by atoms with Crippen LogP contribution in [0.2, 0.25) is 0 Å². The van der Waals surface area contributed by atoms with Gasteiger partial charge >= 0.3 is 0 Å². The smallest absolute Gasteiger partial charge is 0.265 e. The highest BCUT2D eigenvalue weighted by Gasteiger charge is 2.20. The van der Waals surface area contributed by atoms with E-state index in [1.54, 1.807) is 11.8 Å². The molecule has 0 aliphatic rings. The van der Waals surface area contributed by atoms with Gasteiger partial charge in [-0.15, -0.1) is 0 Å². The molecule has 144 valence electrons. The Morgan fingerprint density at radius 1 is 0.964 bits per heavy atom. The summed E-state index contributed by atoms with van der Waals surface area (Å²) >= 11 is 1.63. The van der Waals surface area contributed by atoms with Gasteiger partial charge in [-0.3, -0.25) is 4.79 Å². The lowest BCUT2D eigenvalue weighted by Gasteiger charge is -2.19. The molecule has 0 heterocycles. The van der Waals surface area contributed by atoms with Crippen LogP contribution in [0.3, 0.4) is 0 Å². The van der Waals surface area contributed by atoms with Crippen molar-refractivity contribution in [2.75, 3.05) is 5.32 Å². The monoisotopic (exact) mass is 391 g/mol. The molecule has 0 unspecified atom stereocenters. The van der Waals surface area contributed by atoms with Crippen LogP contribution in [0.4, 0.5) is 5.69 Å². The zero-order valence-electron chi connectivity index (χ0n) is 16.4. The zero-order valence-corrected chi connectivity index (χ0v) is 17.3. The Morgan fingerprint density at radius 3 is 2.39 bits per heavy atom. The molecular formula is C24H25NO2S. The van der Waals surface area contributed by atoms with Gasteiger partial charge in [-0.1, -0.05) is 55.1 Å². The van der Waals surface area contributed by atoms with Gasteiger partial charge in [0, 0.05) is 9.79 Å². The number of carbonyl (C=O) groups excluding carboxylic acids is 1. The number of rotatable bonds is 7. The van der Waals surface area contributed by atoms with Crippen molar-refractivity contribution >= 4 is 23.4 Å². The molecule has 0 aliphatic heterocycles. The van der Waals surface area contributed by atoms with Crippen LogP contribution in [0.25, 0.3) is 0 Å². The van der Waals surface area contributed by atoms with E-state index in [4.69, 9.17) is 4.74 Å². The molecule has 1 atom stereocenters. The van der Waals surface area contributed by atoms with Crippen LogP contribution in [0.15, 0.2) is 82.6 Å². The van der Waals surface area contributed by atoms with E-state index in [1.807, 2.05) is 74.5 Å². The Balaban J connectivity index is 1.73. The Morgan fingerprint density at radius 2 is 1.68 bits per heavy atom. The first-order valence-electron chi connectivity index (χ1n) is 9.43. The number of amides is 1. The highest BCUT2D eigenvalue weighted by molar-refractivity contribution is 7.99. The van der Waals surface area contributed by atoms with E-state index in [0.29, 0.717) is 6.42 Å². The van der Waals surface area contributed by atoms with E-state index in [9.17, 15) is 4.79 Å². The van der Waals surface area contributed by atoms with Crippen LogP contribution in [0.1, 0.15) is 24.5 Å². The summed E-state index contributed by atoms with van der Waals surface area (Å²) in [5, 5.41) is 3.04. The average Bonchev–Trinajstić information content (AvgIpc) is 2.71. The average molecular weight is 392 g/mol. The van der Waals surface area contributed by atoms with Gasteiger partial charge in [-0.05, 0) is 67.8 Å². The van der Waals surface area contributed by atoms with Crippen molar-refractivity contribution in [1.82, 2.24) is 0 Å². The molecule has 0 saturated heterocycles. The SMILES string of the molecule is CC[C@@H](Oc1ccc(C)c(C)c1)C(=O)Nc1ccccc1Sc1ccccc1. The van der Waals surface area contributed by atoms with Crippen molar-refractivity contribution in [2.24, 2.45) is 0 Å². The lowest BCUT2D eigenvalue weighted by Crippen LogP contribution is -2.32. The molecule has 1 N–H and O–H groups in total. The van der Waals surface area contributed by atoms with Gasteiger partial charge in [0.1, 0.15) is 5.75 Å². The Kier molecular flexibility index (Phi) is 6.77. The van der Waals surface area contributed by atoms with Crippen molar-refractivity contribution in [2.45, 2.75) is 43.1 Å². The van der Waals surface area contributed by atoms with Crippen molar-refractivity contribution in [3.63, 3.8) is 0 Å². The van der Waals surface area contributed by atoms with Crippen molar-refractivity contribution in [3.8, 4) is 5.75 Å². The maximum Gasteiger partial charge on any atom is 0.265 e. The van der Waals surface area contributed by atoms with Gasteiger partial charge in [0.25, 0.3) is 5.91 Å². The number of hydrogen-bond acceptors (Lipinski definition) is 3. The van der Waals surface area contributed by atoms with E-state index in [2.05, 4.69) is 24.4 Å². The van der Waals surface area contributed by atoms with Crippen molar-refractivity contribution < 1.29 is 9.53 Å². The molecule has 0 fully saturated rings. The van der Waals surface area contributed by atoms with Gasteiger partial charge in [0.15, 0.2) is 6.10 Å². The summed E-state index contributed by atoms with van der Waals surface area (Å²) in [6.07, 6.45) is 0.0455. The zero-order chi connectivity index (χ0) is 19.9. The van der Waals surface area contributed by atoms with E-state index in [1.165, 1.54) is 5.56 Å². The lowest BCUT2D eigenvalue weighted by atomic mass is 10.1. The van der Waals surface area contributed by atoms with E-state index < -0.39 is 6.10 Å². The van der Waals surface area contributed by atoms with Crippen LogP contribution in [-0.4, -0.2) is 12.0 Å². The minimum Gasteiger partial charge on any atom is -0.481 e. The second-order valence-corrected chi connectivity index (χ2v) is 7.78. The second kappa shape index (κ2) is 9.47. The minimum absolute atomic E-state index is 0.137. The minimum atomic E-state index is -0.545. The molecule has 3 aromatic rings. The fourth-order valence-corrected chi connectivity index (χ4v) is 3.68. The predicted octanol–water partition coefficient (Wildman–Crippen LogP) is 6.25. The van der Waals surface area contributed by atoms with Crippen LogP contribution in [-0.2, 0) is 4.79 Å². The quantitative estimate of drug-likeness (QED) is 0.517. The van der Waals surface area contributed by atoms with Crippen LogP contribution >= 0.6 is 11.8 Å². The maximum atomic E-state index is 12.9. The summed E-state index contributed by atoms with van der Waals surface area (Å²) in [5.41, 5.74) is 3.15. The number of carbonyl (C=O) groups is 1. The molecule has 0 bridgehead atoms. The lowest BCUT2D eigenvalue weighted by molar-refractivity contribution is -0.122. The third-order valence-corrected chi connectivity index (χ3v) is 5.62. The van der Waals surface area contributed by atoms with Gasteiger partial charge in [-0.25, -0.2) is 0 Å². The normalized spacial score (nSPS) is 11.7. The fraction of sp³-hybridized carbons (Fsp3) is 0.208. The summed E-state index contributed by atoms with van der Waals surface area (Å²) in [7, 11) is 0. The summed E-state index contributed by atoms with van der Waals surface area (Å²) < 4.78 is 5.97. The Bertz CT molecular complexity index is 940. The van der Waals surface area contributed by atoms with E-state index >= 15 is 0 Å². The summed E-state index contributed by atoms with van der Waals surface area (Å²) in [6, 6.07) is 23.9. The molecule has 3 aromatic carbocycles. The molecule has 4 heteroatoms. The maximum absolute atomic E-state index is 12.9. The Labute approximate surface area is 171 Å².